The summed E-state index contributed by atoms with van der Waals surface area (Å²) in [5.74, 6) is 1.09. The number of nitrogens with zero attached hydrogens (tertiary/aromatic N) is 6. The lowest BCUT2D eigenvalue weighted by Crippen LogP contribution is -2.30. The maximum absolute atomic E-state index is 11.8. The number of halogens is 2. The zero-order valence-corrected chi connectivity index (χ0v) is 35.4. The molecular weight excluding hydrogens is 752 g/mol. The molecule has 0 aliphatic heterocycles. The summed E-state index contributed by atoms with van der Waals surface area (Å²) in [6.07, 6.45) is 8.06. The zero-order chi connectivity index (χ0) is 39.0. The minimum absolute atomic E-state index is 0.0744. The van der Waals surface area contributed by atoms with E-state index in [0.717, 1.165) is 12.8 Å². The maximum atomic E-state index is 11.8. The number of pyridine rings is 2. The number of esters is 2. The lowest BCUT2D eigenvalue weighted by molar-refractivity contribution is 0.0516. The van der Waals surface area contributed by atoms with E-state index in [1.165, 1.54) is 18.0 Å². The third kappa shape index (κ3) is 11.3. The van der Waals surface area contributed by atoms with Crippen LogP contribution in [0.2, 0.25) is 54.6 Å². The number of carbonyl (C=O) groups is 2. The van der Waals surface area contributed by atoms with Gasteiger partial charge < -0.3 is 18.9 Å². The molecule has 0 bridgehead atoms. The molecule has 4 aromatic heterocycles. The van der Waals surface area contributed by atoms with Gasteiger partial charge in [-0.2, -0.15) is 0 Å². The second kappa shape index (κ2) is 17.9. The van der Waals surface area contributed by atoms with Crippen molar-refractivity contribution in [3.8, 4) is 23.4 Å². The highest BCUT2D eigenvalue weighted by molar-refractivity contribution is 6.83. The van der Waals surface area contributed by atoms with Gasteiger partial charge in [0.15, 0.2) is 11.6 Å². The summed E-state index contributed by atoms with van der Waals surface area (Å²) in [5.41, 5.74) is 0.470. The second-order valence-corrected chi connectivity index (χ2v) is 26.2. The molecule has 12 nitrogen and oxygen atoms in total. The van der Waals surface area contributed by atoms with Crippen LogP contribution < -0.4 is 9.47 Å². The molecule has 0 aromatic carbocycles. The first-order chi connectivity index (χ1) is 25.0. The van der Waals surface area contributed by atoms with E-state index in [2.05, 4.69) is 66.0 Å². The number of rotatable bonds is 16. The number of aromatic nitrogens is 6. The van der Waals surface area contributed by atoms with Crippen molar-refractivity contribution in [2.24, 2.45) is 0 Å². The highest BCUT2D eigenvalue weighted by atomic mass is 35.5. The average Bonchev–Trinajstić information content (AvgIpc) is 3.50. The second-order valence-electron chi connectivity index (χ2n) is 14.7. The Morgan fingerprint density at radius 1 is 0.755 bits per heavy atom. The number of hydrogen-bond acceptors (Lipinski definition) is 10. The maximum Gasteiger partial charge on any atom is 0.341 e. The Hall–Kier alpha value is -3.99. The summed E-state index contributed by atoms with van der Waals surface area (Å²) >= 11 is 12.2. The van der Waals surface area contributed by atoms with E-state index in [9.17, 15) is 9.59 Å². The van der Waals surface area contributed by atoms with E-state index < -0.39 is 28.1 Å². The smallest absolute Gasteiger partial charge is 0.341 e. The van der Waals surface area contributed by atoms with Crippen molar-refractivity contribution >= 4 is 51.3 Å². The monoisotopic (exact) mass is 800 g/mol. The lowest BCUT2D eigenvalue weighted by Gasteiger charge is -2.28. The molecule has 4 heterocycles. The molecule has 0 radical (unpaired) electrons. The van der Waals surface area contributed by atoms with Gasteiger partial charge in [-0.15, -0.1) is 16.8 Å². The molecule has 1 aliphatic rings. The minimum Gasteiger partial charge on any atom is -0.477 e. The van der Waals surface area contributed by atoms with Gasteiger partial charge in [-0.1, -0.05) is 67.7 Å². The van der Waals surface area contributed by atoms with Crippen LogP contribution in [-0.4, -0.2) is 84.0 Å². The van der Waals surface area contributed by atoms with Gasteiger partial charge in [-0.25, -0.2) is 28.9 Å². The Bertz CT molecular complexity index is 1900. The Kier molecular flexibility index (Phi) is 14.1. The molecule has 53 heavy (non-hydrogen) atoms. The van der Waals surface area contributed by atoms with Gasteiger partial charge in [-0.05, 0) is 68.8 Å². The highest BCUT2D eigenvalue weighted by Gasteiger charge is 2.52. The molecule has 5 rings (SSSR count). The molecule has 286 valence electrons. The number of carbonyl (C=O) groups excluding carboxylic acids is 2. The van der Waals surface area contributed by atoms with Crippen LogP contribution in [0, 0.1) is 0 Å². The molecule has 0 spiro atoms. The number of hydrogen-bond donors (Lipinski definition) is 0. The van der Waals surface area contributed by atoms with Crippen molar-refractivity contribution in [3.63, 3.8) is 0 Å². The van der Waals surface area contributed by atoms with Gasteiger partial charge in [-0.3, -0.25) is 0 Å². The van der Waals surface area contributed by atoms with Crippen molar-refractivity contribution in [1.82, 2.24) is 29.5 Å². The molecule has 0 amide bonds. The van der Waals surface area contributed by atoms with E-state index in [0.29, 0.717) is 41.6 Å². The normalized spacial score (nSPS) is 13.4. The van der Waals surface area contributed by atoms with E-state index in [-0.39, 0.29) is 34.6 Å². The predicted octanol–water partition coefficient (Wildman–Crippen LogP) is 9.04. The average molecular weight is 802 g/mol. The summed E-state index contributed by atoms with van der Waals surface area (Å²) in [6.45, 7) is 23.5. The third-order valence-corrected chi connectivity index (χ3v) is 16.1. The fourth-order valence-electron chi connectivity index (χ4n) is 5.38. The van der Waals surface area contributed by atoms with Gasteiger partial charge in [0.2, 0.25) is 11.8 Å². The molecule has 0 atom stereocenters. The van der Waals surface area contributed by atoms with Crippen LogP contribution in [0.25, 0.3) is 11.6 Å². The summed E-state index contributed by atoms with van der Waals surface area (Å²) in [6, 6.07) is 10.1. The van der Waals surface area contributed by atoms with Crippen LogP contribution in [0.5, 0.6) is 11.8 Å². The summed E-state index contributed by atoms with van der Waals surface area (Å²) in [7, 11) is -2.49. The minimum atomic E-state index is -1.34. The molecule has 0 N–H and O–H groups in total. The highest BCUT2D eigenvalue weighted by Crippen LogP contribution is 2.63. The summed E-state index contributed by atoms with van der Waals surface area (Å²) < 4.78 is 24.6. The standard InChI is InChI=1S/C19H26ClN3O3Si.C18H24ClN3O3Si/c1-5-25-18(24)14-6-7-15(21-17(14)20)23-12-8-16(22-23)26-13-11-19(9-10-19)27(2,3)4;1-6-24-18(23)14-7-8-15(20-17(14)19)22-11-9-16(21-22)25-12-10-13(2)26(3,4)5/h6-8,12H,5,9-11,13H2,1-4H3;7-9,11H,2,6,10,12H2,1,3-5H3. The van der Waals surface area contributed by atoms with Crippen molar-refractivity contribution < 1.29 is 28.5 Å². The first kappa shape index (κ1) is 41.8. The molecule has 16 heteroatoms. The Morgan fingerprint density at radius 3 is 1.58 bits per heavy atom. The SMILES string of the molecule is C=C(CCOc1ccn(-c2ccc(C(=O)OCC)c(Cl)n2)n1)[Si](C)(C)C.CCOC(=O)c1ccc(-n2ccc(OCCC3([Si](C)(C)C)CC3)n2)nc1Cl. The molecule has 1 fully saturated rings. The Labute approximate surface area is 323 Å². The fourth-order valence-corrected chi connectivity index (χ4v) is 9.16. The van der Waals surface area contributed by atoms with Gasteiger partial charge in [0.25, 0.3) is 0 Å². The van der Waals surface area contributed by atoms with E-state index in [4.69, 9.17) is 42.1 Å². The molecule has 0 saturated heterocycles. The predicted molar refractivity (Wildman–Crippen MR) is 213 cm³/mol. The van der Waals surface area contributed by atoms with Crippen LogP contribution in [-0.2, 0) is 9.47 Å². The quantitative estimate of drug-likeness (QED) is 0.0614. The van der Waals surface area contributed by atoms with Crippen LogP contribution in [0.3, 0.4) is 0 Å². The van der Waals surface area contributed by atoms with Crippen LogP contribution in [0.1, 0.15) is 60.2 Å². The third-order valence-electron chi connectivity index (χ3n) is 9.25. The van der Waals surface area contributed by atoms with Crippen molar-refractivity contribution in [2.75, 3.05) is 26.4 Å². The fraction of sp³-hybridized carbons (Fsp3) is 0.459. The Balaban J connectivity index is 0.000000237. The van der Waals surface area contributed by atoms with E-state index in [1.54, 1.807) is 65.9 Å². The largest absolute Gasteiger partial charge is 0.477 e. The Morgan fingerprint density at radius 2 is 1.21 bits per heavy atom. The first-order valence-corrected chi connectivity index (χ1v) is 25.5. The zero-order valence-electron chi connectivity index (χ0n) is 31.9. The van der Waals surface area contributed by atoms with Crippen molar-refractivity contribution in [2.45, 2.75) is 83.9 Å². The van der Waals surface area contributed by atoms with Gasteiger partial charge in [0, 0.05) is 24.5 Å². The van der Waals surface area contributed by atoms with Gasteiger partial charge >= 0.3 is 11.9 Å². The van der Waals surface area contributed by atoms with Gasteiger partial charge in [0.05, 0.1) is 53.7 Å². The summed E-state index contributed by atoms with van der Waals surface area (Å²) in [5, 5.41) is 10.7. The molecular formula is C37H50Cl2N6O6Si2. The molecule has 1 saturated carbocycles. The lowest BCUT2D eigenvalue weighted by atomic mass is 10.3. The first-order valence-electron chi connectivity index (χ1n) is 17.7. The van der Waals surface area contributed by atoms with Crippen molar-refractivity contribution in [1.29, 1.82) is 0 Å². The van der Waals surface area contributed by atoms with Crippen LogP contribution in [0.15, 0.2) is 60.6 Å². The van der Waals surface area contributed by atoms with E-state index in [1.807, 2.05) is 6.07 Å². The van der Waals surface area contributed by atoms with E-state index >= 15 is 0 Å². The molecule has 4 aromatic rings. The molecule has 1 aliphatic carbocycles. The van der Waals surface area contributed by atoms with Gasteiger partial charge in [0.1, 0.15) is 10.3 Å². The van der Waals surface area contributed by atoms with Crippen molar-refractivity contribution in [3.05, 3.63) is 82.0 Å². The summed E-state index contributed by atoms with van der Waals surface area (Å²) in [4.78, 5) is 32.0. The van der Waals surface area contributed by atoms with Crippen LogP contribution in [0.4, 0.5) is 0 Å². The molecule has 0 unspecified atom stereocenters. The van der Waals surface area contributed by atoms with Crippen LogP contribution >= 0.6 is 23.2 Å². The topological polar surface area (TPSA) is 132 Å². The number of ether oxygens (including phenoxy) is 4.